The molecule has 1 aromatic rings. The predicted molar refractivity (Wildman–Crippen MR) is 67.7 cm³/mol. The van der Waals surface area contributed by atoms with Crippen LogP contribution in [0.15, 0.2) is 24.3 Å². The van der Waals surface area contributed by atoms with Crippen molar-refractivity contribution in [3.8, 4) is 5.75 Å². The van der Waals surface area contributed by atoms with E-state index in [9.17, 15) is 8.78 Å². The predicted octanol–water partition coefficient (Wildman–Crippen LogP) is 4.26. The van der Waals surface area contributed by atoms with Gasteiger partial charge in [-0.2, -0.15) is 4.39 Å². The lowest BCUT2D eigenvalue weighted by Gasteiger charge is -2.11. The second-order valence-electron chi connectivity index (χ2n) is 4.63. The maximum absolute atomic E-state index is 13.8. The van der Waals surface area contributed by atoms with Crippen LogP contribution >= 0.6 is 0 Å². The van der Waals surface area contributed by atoms with Gasteiger partial charge in [-0.05, 0) is 50.2 Å². The molecule has 0 saturated carbocycles. The molecule has 0 spiro atoms. The number of rotatable bonds is 5. The molecule has 1 aliphatic rings. The molecule has 1 aliphatic carbocycles. The Bertz CT molecular complexity index is 432. The molecule has 18 heavy (non-hydrogen) atoms. The topological polar surface area (TPSA) is 9.23 Å². The van der Waals surface area contributed by atoms with Gasteiger partial charge >= 0.3 is 0 Å². The molecule has 0 aromatic heterocycles. The number of aryl methyl sites for hydroxylation is 1. The van der Waals surface area contributed by atoms with Gasteiger partial charge in [0.05, 0.1) is 6.61 Å². The van der Waals surface area contributed by atoms with Crippen molar-refractivity contribution < 1.29 is 13.5 Å². The molecule has 0 N–H and O–H groups in total. The largest absolute Gasteiger partial charge is 0.491 e. The maximum atomic E-state index is 13.8. The van der Waals surface area contributed by atoms with E-state index in [0.717, 1.165) is 19.3 Å². The van der Waals surface area contributed by atoms with Gasteiger partial charge in [0.15, 0.2) is 11.6 Å². The smallest absolute Gasteiger partial charge is 0.200 e. The van der Waals surface area contributed by atoms with Crippen LogP contribution in [0.3, 0.4) is 0 Å². The summed E-state index contributed by atoms with van der Waals surface area (Å²) in [5, 5.41) is 0. The fourth-order valence-corrected chi connectivity index (χ4v) is 2.30. The van der Waals surface area contributed by atoms with Crippen molar-refractivity contribution in [1.29, 1.82) is 0 Å². The highest BCUT2D eigenvalue weighted by atomic mass is 19.2. The Morgan fingerprint density at radius 2 is 1.89 bits per heavy atom. The van der Waals surface area contributed by atoms with E-state index in [-0.39, 0.29) is 5.75 Å². The summed E-state index contributed by atoms with van der Waals surface area (Å²) in [4.78, 5) is 0. The van der Waals surface area contributed by atoms with Crippen molar-refractivity contribution in [2.75, 3.05) is 6.61 Å². The highest BCUT2D eigenvalue weighted by Crippen LogP contribution is 2.27. The Hall–Kier alpha value is -1.38. The molecular weight excluding hydrogens is 234 g/mol. The highest BCUT2D eigenvalue weighted by Gasteiger charge is 2.16. The van der Waals surface area contributed by atoms with Crippen LogP contribution in [-0.2, 0) is 6.42 Å². The zero-order chi connectivity index (χ0) is 13.0. The van der Waals surface area contributed by atoms with Crippen LogP contribution in [0.5, 0.6) is 5.75 Å². The van der Waals surface area contributed by atoms with Gasteiger partial charge in [0.25, 0.3) is 0 Å². The number of hydrogen-bond donors (Lipinski definition) is 0. The quantitative estimate of drug-likeness (QED) is 0.711. The summed E-state index contributed by atoms with van der Waals surface area (Å²) in [6.07, 6.45) is 7.90. The van der Waals surface area contributed by atoms with Gasteiger partial charge in [-0.15, -0.1) is 0 Å². The van der Waals surface area contributed by atoms with Gasteiger partial charge in [0, 0.05) is 0 Å². The van der Waals surface area contributed by atoms with Gasteiger partial charge < -0.3 is 4.74 Å². The molecule has 0 bridgehead atoms. The third-order valence-corrected chi connectivity index (χ3v) is 3.35. The molecule has 3 heteroatoms. The Labute approximate surface area is 106 Å². The van der Waals surface area contributed by atoms with E-state index in [2.05, 4.69) is 12.2 Å². The van der Waals surface area contributed by atoms with Crippen LogP contribution in [-0.4, -0.2) is 6.61 Å². The van der Waals surface area contributed by atoms with Crippen molar-refractivity contribution in [1.82, 2.24) is 0 Å². The highest BCUT2D eigenvalue weighted by molar-refractivity contribution is 5.31. The lowest BCUT2D eigenvalue weighted by atomic mass is 9.97. The van der Waals surface area contributed by atoms with E-state index >= 15 is 0 Å². The van der Waals surface area contributed by atoms with Gasteiger partial charge in [-0.25, -0.2) is 4.39 Å². The fraction of sp³-hybridized carbons (Fsp3) is 0.467. The zero-order valence-electron chi connectivity index (χ0n) is 10.6. The first-order valence-electron chi connectivity index (χ1n) is 6.47. The second kappa shape index (κ2) is 5.98. The Morgan fingerprint density at radius 1 is 1.17 bits per heavy atom. The van der Waals surface area contributed by atoms with Crippen LogP contribution in [0.1, 0.15) is 31.7 Å². The second-order valence-corrected chi connectivity index (χ2v) is 4.63. The first-order chi connectivity index (χ1) is 8.72. The van der Waals surface area contributed by atoms with Crippen LogP contribution in [0.25, 0.3) is 0 Å². The van der Waals surface area contributed by atoms with E-state index in [1.54, 1.807) is 13.0 Å². The minimum atomic E-state index is -0.862. The van der Waals surface area contributed by atoms with Crippen molar-refractivity contribution in [2.24, 2.45) is 5.92 Å². The number of benzene rings is 1. The zero-order valence-corrected chi connectivity index (χ0v) is 10.6. The SMILES string of the molecule is CCOc1ccc(CCC2CC=CC2)c(F)c1F. The van der Waals surface area contributed by atoms with Crippen molar-refractivity contribution in [3.63, 3.8) is 0 Å². The monoisotopic (exact) mass is 252 g/mol. The van der Waals surface area contributed by atoms with Crippen molar-refractivity contribution in [3.05, 3.63) is 41.5 Å². The number of ether oxygens (including phenoxy) is 1. The summed E-state index contributed by atoms with van der Waals surface area (Å²) < 4.78 is 32.5. The normalized spacial score (nSPS) is 15.3. The number of allylic oxidation sites excluding steroid dienone is 2. The first kappa shape index (κ1) is 13.1. The Kier molecular flexibility index (Phi) is 4.34. The summed E-state index contributed by atoms with van der Waals surface area (Å²) in [5.41, 5.74) is 0.447. The molecule has 0 heterocycles. The summed E-state index contributed by atoms with van der Waals surface area (Å²) in [7, 11) is 0. The molecule has 98 valence electrons. The molecule has 0 radical (unpaired) electrons. The fourth-order valence-electron chi connectivity index (χ4n) is 2.30. The van der Waals surface area contributed by atoms with E-state index in [1.165, 1.54) is 6.07 Å². The summed E-state index contributed by atoms with van der Waals surface area (Å²) in [6, 6.07) is 3.15. The summed E-state index contributed by atoms with van der Waals surface area (Å²) in [6.45, 7) is 2.09. The molecule has 2 rings (SSSR count). The van der Waals surface area contributed by atoms with E-state index < -0.39 is 11.6 Å². The minimum Gasteiger partial charge on any atom is -0.491 e. The van der Waals surface area contributed by atoms with E-state index in [4.69, 9.17) is 4.74 Å². The first-order valence-corrected chi connectivity index (χ1v) is 6.47. The lowest BCUT2D eigenvalue weighted by Crippen LogP contribution is -2.03. The summed E-state index contributed by atoms with van der Waals surface area (Å²) in [5.74, 6) is -1.04. The molecule has 0 unspecified atom stereocenters. The van der Waals surface area contributed by atoms with Crippen LogP contribution in [0.4, 0.5) is 8.78 Å². The molecule has 1 nitrogen and oxygen atoms in total. The van der Waals surface area contributed by atoms with Gasteiger partial charge in [0.1, 0.15) is 0 Å². The molecule has 0 saturated heterocycles. The molecule has 0 amide bonds. The lowest BCUT2D eigenvalue weighted by molar-refractivity contribution is 0.313. The Morgan fingerprint density at radius 3 is 2.56 bits per heavy atom. The van der Waals surface area contributed by atoms with Crippen LogP contribution in [0.2, 0.25) is 0 Å². The van der Waals surface area contributed by atoms with E-state index in [0.29, 0.717) is 24.5 Å². The molecule has 0 aliphatic heterocycles. The molecule has 1 aromatic carbocycles. The standard InChI is InChI=1S/C15H18F2O/c1-2-18-13-10-9-12(14(16)15(13)17)8-7-11-5-3-4-6-11/h3-4,9-11H,2,5-8H2,1H3. The average Bonchev–Trinajstić information content (AvgIpc) is 2.87. The van der Waals surface area contributed by atoms with Gasteiger partial charge in [0.2, 0.25) is 5.82 Å². The Balaban J connectivity index is 2.02. The maximum Gasteiger partial charge on any atom is 0.200 e. The minimum absolute atomic E-state index is 0.00119. The third-order valence-electron chi connectivity index (χ3n) is 3.35. The van der Waals surface area contributed by atoms with Crippen LogP contribution in [0, 0.1) is 17.6 Å². The molecule has 0 fully saturated rings. The van der Waals surface area contributed by atoms with Gasteiger partial charge in [-0.1, -0.05) is 18.2 Å². The summed E-state index contributed by atoms with van der Waals surface area (Å²) >= 11 is 0. The van der Waals surface area contributed by atoms with E-state index in [1.807, 2.05) is 0 Å². The number of hydrogen-bond acceptors (Lipinski definition) is 1. The van der Waals surface area contributed by atoms with Crippen LogP contribution < -0.4 is 4.74 Å². The third kappa shape index (κ3) is 2.89. The van der Waals surface area contributed by atoms with Gasteiger partial charge in [-0.3, -0.25) is 0 Å². The average molecular weight is 252 g/mol. The van der Waals surface area contributed by atoms with Crippen molar-refractivity contribution in [2.45, 2.75) is 32.6 Å². The molecular formula is C15H18F2O. The molecule has 0 atom stereocenters. The number of halogens is 2. The van der Waals surface area contributed by atoms with Crippen molar-refractivity contribution >= 4 is 0 Å².